The highest BCUT2D eigenvalue weighted by atomic mass is 32.2. The number of fused-ring (bicyclic) bond motifs is 1. The zero-order valence-electron chi connectivity index (χ0n) is 14.7. The number of nitrogens with one attached hydrogen (secondary N) is 1. The summed E-state index contributed by atoms with van der Waals surface area (Å²) in [5.74, 6) is 0.194. The van der Waals surface area contributed by atoms with E-state index in [2.05, 4.69) is 10.3 Å². The first-order valence-corrected chi connectivity index (χ1v) is 10.6. The first kappa shape index (κ1) is 18.9. The third-order valence-electron chi connectivity index (χ3n) is 4.28. The second-order valence-corrected chi connectivity index (χ2v) is 8.30. The van der Waals surface area contributed by atoms with E-state index < -0.39 is 0 Å². The quantitative estimate of drug-likeness (QED) is 0.452. The van der Waals surface area contributed by atoms with Crippen LogP contribution in [0.2, 0.25) is 0 Å². The number of carbonyl (C=O) groups excluding carboxylic acids is 2. The summed E-state index contributed by atoms with van der Waals surface area (Å²) < 4.78 is 4.97. The normalized spacial score (nSPS) is 13.6. The number of pyridine rings is 1. The molecule has 0 radical (unpaired) electrons. The number of nitrogens with zero attached hydrogens (tertiary/aromatic N) is 1. The van der Waals surface area contributed by atoms with Crippen LogP contribution in [0.3, 0.4) is 0 Å². The van der Waals surface area contributed by atoms with Crippen LogP contribution in [0.25, 0.3) is 0 Å². The van der Waals surface area contributed by atoms with Crippen molar-refractivity contribution in [3.8, 4) is 0 Å². The van der Waals surface area contributed by atoms with E-state index in [9.17, 15) is 9.59 Å². The van der Waals surface area contributed by atoms with Crippen LogP contribution in [0.5, 0.6) is 0 Å². The molecule has 0 aliphatic heterocycles. The van der Waals surface area contributed by atoms with Crippen molar-refractivity contribution in [2.45, 2.75) is 43.6 Å². The van der Waals surface area contributed by atoms with Crippen molar-refractivity contribution in [2.75, 3.05) is 18.2 Å². The third kappa shape index (κ3) is 4.65. The monoisotopic (exact) mass is 390 g/mol. The summed E-state index contributed by atoms with van der Waals surface area (Å²) in [6, 6.07) is 5.72. The summed E-state index contributed by atoms with van der Waals surface area (Å²) in [6.07, 6.45) is 7.32. The fourth-order valence-electron chi connectivity index (χ4n) is 3.02. The minimum atomic E-state index is -0.359. The molecule has 3 rings (SSSR count). The maximum absolute atomic E-state index is 12.4. The minimum absolute atomic E-state index is 0.0880. The van der Waals surface area contributed by atoms with Gasteiger partial charge in [0, 0.05) is 23.2 Å². The van der Waals surface area contributed by atoms with E-state index >= 15 is 0 Å². The van der Waals surface area contributed by atoms with Gasteiger partial charge in [0.15, 0.2) is 0 Å². The molecule has 5 nitrogen and oxygen atoms in total. The van der Waals surface area contributed by atoms with Gasteiger partial charge in [-0.25, -0.2) is 9.78 Å². The number of thioether (sulfide) groups is 1. The Labute approximate surface area is 161 Å². The van der Waals surface area contributed by atoms with Crippen LogP contribution >= 0.6 is 23.1 Å². The van der Waals surface area contributed by atoms with Crippen LogP contribution in [0.15, 0.2) is 29.4 Å². The van der Waals surface area contributed by atoms with E-state index in [0.29, 0.717) is 22.7 Å². The van der Waals surface area contributed by atoms with Gasteiger partial charge in [0.2, 0.25) is 5.91 Å². The van der Waals surface area contributed by atoms with Gasteiger partial charge in [0.25, 0.3) is 0 Å². The Balaban J connectivity index is 1.66. The Morgan fingerprint density at radius 1 is 1.27 bits per heavy atom. The lowest BCUT2D eigenvalue weighted by Gasteiger charge is -2.07. The fourth-order valence-corrected chi connectivity index (χ4v) is 5.12. The number of anilines is 1. The summed E-state index contributed by atoms with van der Waals surface area (Å²) in [5, 5.41) is 4.47. The molecule has 0 atom stereocenters. The maximum Gasteiger partial charge on any atom is 0.341 e. The number of methoxy groups -OCH3 is 1. The van der Waals surface area contributed by atoms with E-state index in [1.165, 1.54) is 29.7 Å². The van der Waals surface area contributed by atoms with Gasteiger partial charge < -0.3 is 10.1 Å². The third-order valence-corrected chi connectivity index (χ3v) is 6.43. The van der Waals surface area contributed by atoms with Gasteiger partial charge in [0.05, 0.1) is 17.7 Å². The molecule has 0 saturated heterocycles. The Morgan fingerprint density at radius 2 is 2.12 bits per heavy atom. The Kier molecular flexibility index (Phi) is 6.68. The first-order chi connectivity index (χ1) is 12.7. The number of rotatable bonds is 6. The lowest BCUT2D eigenvalue weighted by atomic mass is 10.1. The largest absolute Gasteiger partial charge is 0.465 e. The van der Waals surface area contributed by atoms with Crippen molar-refractivity contribution in [1.82, 2.24) is 4.98 Å². The molecule has 2 aromatic heterocycles. The molecule has 26 heavy (non-hydrogen) atoms. The molecule has 0 fully saturated rings. The van der Waals surface area contributed by atoms with Crippen molar-refractivity contribution in [2.24, 2.45) is 0 Å². The summed E-state index contributed by atoms with van der Waals surface area (Å²) in [7, 11) is 1.39. The molecule has 2 aromatic rings. The smallest absolute Gasteiger partial charge is 0.341 e. The zero-order valence-corrected chi connectivity index (χ0v) is 16.4. The van der Waals surface area contributed by atoms with E-state index in [1.54, 1.807) is 18.0 Å². The van der Waals surface area contributed by atoms with Crippen LogP contribution < -0.4 is 5.32 Å². The first-order valence-electron chi connectivity index (χ1n) is 8.75. The number of hydrogen-bond acceptors (Lipinski definition) is 6. The number of ether oxygens (including phenoxy) is 1. The molecular weight excluding hydrogens is 368 g/mol. The van der Waals surface area contributed by atoms with Crippen LogP contribution in [0.1, 0.15) is 46.5 Å². The lowest BCUT2D eigenvalue weighted by Crippen LogP contribution is -2.15. The highest BCUT2D eigenvalue weighted by Crippen LogP contribution is 2.38. The summed E-state index contributed by atoms with van der Waals surface area (Å²) in [4.78, 5) is 30.1. The topological polar surface area (TPSA) is 68.3 Å². The summed E-state index contributed by atoms with van der Waals surface area (Å²) in [6.45, 7) is 0. The molecule has 2 heterocycles. The van der Waals surface area contributed by atoms with Crippen molar-refractivity contribution in [1.29, 1.82) is 0 Å². The molecule has 0 unspecified atom stereocenters. The van der Waals surface area contributed by atoms with E-state index in [0.717, 1.165) is 36.3 Å². The molecule has 7 heteroatoms. The Morgan fingerprint density at radius 3 is 2.88 bits per heavy atom. The summed E-state index contributed by atoms with van der Waals surface area (Å²) in [5.41, 5.74) is 1.62. The lowest BCUT2D eigenvalue weighted by molar-refractivity contribution is -0.115. The molecule has 1 amide bonds. The average molecular weight is 391 g/mol. The molecule has 1 aliphatic carbocycles. The maximum atomic E-state index is 12.4. The number of esters is 1. The van der Waals surface area contributed by atoms with Crippen molar-refractivity contribution >= 4 is 40.0 Å². The highest BCUT2D eigenvalue weighted by Gasteiger charge is 2.26. The van der Waals surface area contributed by atoms with Crippen molar-refractivity contribution in [3.05, 3.63) is 40.4 Å². The molecule has 138 valence electrons. The van der Waals surface area contributed by atoms with Gasteiger partial charge in [0.1, 0.15) is 5.00 Å². The van der Waals surface area contributed by atoms with Crippen LogP contribution in [-0.4, -0.2) is 29.7 Å². The van der Waals surface area contributed by atoms with Crippen molar-refractivity contribution < 1.29 is 14.3 Å². The van der Waals surface area contributed by atoms with Gasteiger partial charge in [-0.3, -0.25) is 4.79 Å². The molecule has 1 N–H and O–H groups in total. The van der Waals surface area contributed by atoms with Gasteiger partial charge in [-0.2, -0.15) is 0 Å². The van der Waals surface area contributed by atoms with E-state index in [-0.39, 0.29) is 11.9 Å². The fraction of sp³-hybridized carbons (Fsp3) is 0.421. The predicted molar refractivity (Wildman–Crippen MR) is 105 cm³/mol. The minimum Gasteiger partial charge on any atom is -0.465 e. The van der Waals surface area contributed by atoms with Gasteiger partial charge in [-0.05, 0) is 43.4 Å². The Hall–Kier alpha value is -1.86. The van der Waals surface area contributed by atoms with Crippen LogP contribution in [0, 0.1) is 0 Å². The number of aromatic nitrogens is 1. The second kappa shape index (κ2) is 9.19. The van der Waals surface area contributed by atoms with Gasteiger partial charge in [-0.1, -0.05) is 12.5 Å². The second-order valence-electron chi connectivity index (χ2n) is 6.07. The highest BCUT2D eigenvalue weighted by molar-refractivity contribution is 7.99. The average Bonchev–Trinajstić information content (AvgIpc) is 2.83. The van der Waals surface area contributed by atoms with Crippen LogP contribution in [0.4, 0.5) is 5.00 Å². The summed E-state index contributed by atoms with van der Waals surface area (Å²) >= 11 is 3.07. The van der Waals surface area contributed by atoms with E-state index in [4.69, 9.17) is 4.74 Å². The molecular formula is C19H22N2O3S2. The predicted octanol–water partition coefficient (Wildman–Crippen LogP) is 4.32. The molecule has 1 aliphatic rings. The zero-order chi connectivity index (χ0) is 18.4. The number of thiophene rings is 1. The molecule has 0 bridgehead atoms. The van der Waals surface area contributed by atoms with Crippen molar-refractivity contribution in [3.63, 3.8) is 0 Å². The Bertz CT molecular complexity index is 775. The number of carbonyl (C=O) groups is 2. The van der Waals surface area contributed by atoms with Gasteiger partial charge in [-0.15, -0.1) is 23.1 Å². The molecule has 0 aromatic carbocycles. The van der Waals surface area contributed by atoms with Gasteiger partial charge >= 0.3 is 5.97 Å². The number of hydrogen-bond donors (Lipinski definition) is 1. The number of aryl methyl sites for hydroxylation is 1. The molecule has 0 spiro atoms. The standard InChI is InChI=1S/C19H22N2O3S2/c1-24-19(23)17-13-7-3-2-4-8-14(13)26-18(17)21-15(22)10-12-25-16-9-5-6-11-20-16/h5-6,9,11H,2-4,7-8,10,12H2,1H3,(H,21,22). The SMILES string of the molecule is COC(=O)c1c(NC(=O)CCSc2ccccn2)sc2c1CCCCC2. The van der Waals surface area contributed by atoms with E-state index in [1.807, 2.05) is 18.2 Å². The molecule has 0 saturated carbocycles. The number of amides is 1. The van der Waals surface area contributed by atoms with Crippen LogP contribution in [-0.2, 0) is 22.4 Å².